The van der Waals surface area contributed by atoms with Crippen LogP contribution in [0.15, 0.2) is 30.3 Å². The van der Waals surface area contributed by atoms with E-state index in [1.807, 2.05) is 0 Å². The van der Waals surface area contributed by atoms with Crippen molar-refractivity contribution in [1.82, 2.24) is 15.5 Å². The quantitative estimate of drug-likeness (QED) is 0.747. The number of carbonyl (C=O) groups is 2. The van der Waals surface area contributed by atoms with Crippen molar-refractivity contribution in [3.8, 4) is 11.3 Å². The highest BCUT2D eigenvalue weighted by Gasteiger charge is 2.35. The van der Waals surface area contributed by atoms with Gasteiger partial charge in [0, 0.05) is 12.7 Å². The molecule has 0 aliphatic heterocycles. The van der Waals surface area contributed by atoms with E-state index in [4.69, 9.17) is 4.74 Å². The predicted molar refractivity (Wildman–Crippen MR) is 79.4 cm³/mol. The lowest BCUT2D eigenvalue weighted by molar-refractivity contribution is -0.145. The number of benzene rings is 1. The van der Waals surface area contributed by atoms with E-state index in [1.54, 1.807) is 0 Å². The van der Waals surface area contributed by atoms with E-state index in [0.717, 1.165) is 0 Å². The first-order chi connectivity index (χ1) is 10.9. The second-order valence-corrected chi connectivity index (χ2v) is 5.20. The molecule has 7 nitrogen and oxygen atoms in total. The largest absolute Gasteiger partial charge is 0.479 e. The van der Waals surface area contributed by atoms with Gasteiger partial charge in [-0.2, -0.15) is 5.10 Å². The maximum Gasteiger partial charge on any atom is 0.331 e. The second-order valence-electron chi connectivity index (χ2n) is 5.20. The number of hydrogen-bond acceptors (Lipinski definition) is 4. The Balaban J connectivity index is 2.18. The van der Waals surface area contributed by atoms with Gasteiger partial charge in [-0.1, -0.05) is 0 Å². The number of carbonyl (C=O) groups excluding carboxylic acids is 1. The van der Waals surface area contributed by atoms with Gasteiger partial charge < -0.3 is 15.2 Å². The highest BCUT2D eigenvalue weighted by molar-refractivity contribution is 5.97. The molecule has 0 spiro atoms. The Kier molecular flexibility index (Phi) is 4.75. The molecule has 0 saturated heterocycles. The predicted octanol–water partition coefficient (Wildman–Crippen LogP) is 1.44. The molecule has 0 saturated carbocycles. The molecule has 23 heavy (non-hydrogen) atoms. The number of aliphatic carboxylic acids is 1. The van der Waals surface area contributed by atoms with Gasteiger partial charge in [0.05, 0.1) is 12.3 Å². The highest BCUT2D eigenvalue weighted by Crippen LogP contribution is 2.18. The van der Waals surface area contributed by atoms with Crippen LogP contribution in [0.4, 0.5) is 4.39 Å². The van der Waals surface area contributed by atoms with Crippen molar-refractivity contribution in [1.29, 1.82) is 0 Å². The number of carboxylic acid groups (broad SMARTS) is 1. The SMILES string of the molecule is COCC(C)(NC(=O)c1cc(-c2ccc(F)cc2)n[nH]1)C(=O)O. The van der Waals surface area contributed by atoms with E-state index in [0.29, 0.717) is 11.3 Å². The molecule has 0 aliphatic carbocycles. The minimum Gasteiger partial charge on any atom is -0.479 e. The lowest BCUT2D eigenvalue weighted by Crippen LogP contribution is -2.55. The zero-order valence-electron chi connectivity index (χ0n) is 12.6. The minimum atomic E-state index is -1.56. The maximum atomic E-state index is 12.9. The summed E-state index contributed by atoms with van der Waals surface area (Å²) < 4.78 is 17.7. The van der Waals surface area contributed by atoms with Crippen LogP contribution in [0.25, 0.3) is 11.3 Å². The molecule has 8 heteroatoms. The van der Waals surface area contributed by atoms with Crippen molar-refractivity contribution in [3.63, 3.8) is 0 Å². The summed E-state index contributed by atoms with van der Waals surface area (Å²) in [4.78, 5) is 23.5. The normalized spacial score (nSPS) is 13.3. The number of H-pyrrole nitrogens is 1. The Morgan fingerprint density at radius 3 is 2.61 bits per heavy atom. The number of nitrogens with zero attached hydrogens (tertiary/aromatic N) is 1. The molecule has 0 fully saturated rings. The van der Waals surface area contributed by atoms with Gasteiger partial charge in [-0.3, -0.25) is 9.89 Å². The second kappa shape index (κ2) is 6.57. The summed E-state index contributed by atoms with van der Waals surface area (Å²) in [5.74, 6) is -2.22. The average Bonchev–Trinajstić information content (AvgIpc) is 2.98. The van der Waals surface area contributed by atoms with Crippen LogP contribution in [0.3, 0.4) is 0 Å². The van der Waals surface area contributed by atoms with Crippen LogP contribution in [0.1, 0.15) is 17.4 Å². The number of methoxy groups -OCH3 is 1. The summed E-state index contributed by atoms with van der Waals surface area (Å²) in [6, 6.07) is 7.07. The molecule has 2 rings (SSSR count). The number of halogens is 1. The number of nitrogens with one attached hydrogen (secondary N) is 2. The van der Waals surface area contributed by atoms with Gasteiger partial charge in [0.1, 0.15) is 11.5 Å². The lowest BCUT2D eigenvalue weighted by atomic mass is 10.0. The number of ether oxygens (including phenoxy) is 1. The molecule has 1 unspecified atom stereocenters. The molecule has 0 bridgehead atoms. The summed E-state index contributed by atoms with van der Waals surface area (Å²) in [7, 11) is 1.34. The first-order valence-corrected chi connectivity index (χ1v) is 6.72. The molecule has 3 N–H and O–H groups in total. The summed E-state index contributed by atoms with van der Waals surface area (Å²) >= 11 is 0. The van der Waals surface area contributed by atoms with Crippen LogP contribution < -0.4 is 5.32 Å². The van der Waals surface area contributed by atoms with Crippen molar-refractivity contribution < 1.29 is 23.8 Å². The van der Waals surface area contributed by atoms with E-state index in [1.165, 1.54) is 44.4 Å². The number of hydrogen-bond donors (Lipinski definition) is 3. The van der Waals surface area contributed by atoms with Crippen molar-refractivity contribution >= 4 is 11.9 Å². The minimum absolute atomic E-state index is 0.0907. The van der Waals surface area contributed by atoms with Gasteiger partial charge in [0.2, 0.25) is 0 Å². The first kappa shape index (κ1) is 16.6. The first-order valence-electron chi connectivity index (χ1n) is 6.72. The number of carboxylic acids is 1. The van der Waals surface area contributed by atoms with Crippen molar-refractivity contribution in [3.05, 3.63) is 41.8 Å². The molecule has 122 valence electrons. The van der Waals surface area contributed by atoms with E-state index < -0.39 is 17.4 Å². The summed E-state index contributed by atoms with van der Waals surface area (Å²) in [5, 5.41) is 18.1. The Bertz CT molecular complexity index is 714. The van der Waals surface area contributed by atoms with Crippen LogP contribution in [0, 0.1) is 5.82 Å². The van der Waals surface area contributed by atoms with Gasteiger partial charge in [-0.15, -0.1) is 0 Å². The monoisotopic (exact) mass is 321 g/mol. The standard InChI is InChI=1S/C15H16FN3O4/c1-15(8-23-2,14(21)22)17-13(20)12-7-11(18-19-12)9-3-5-10(16)6-4-9/h3-7H,8H2,1-2H3,(H,17,20)(H,18,19)(H,21,22). The van der Waals surface area contributed by atoms with Gasteiger partial charge in [-0.25, -0.2) is 9.18 Å². The molecule has 1 amide bonds. The van der Waals surface area contributed by atoms with Crippen LogP contribution in [0.5, 0.6) is 0 Å². The molecule has 0 radical (unpaired) electrons. The topological polar surface area (TPSA) is 104 Å². The average molecular weight is 321 g/mol. The van der Waals surface area contributed by atoms with E-state index >= 15 is 0 Å². The molecule has 1 aromatic heterocycles. The van der Waals surface area contributed by atoms with Crippen LogP contribution >= 0.6 is 0 Å². The van der Waals surface area contributed by atoms with E-state index in [2.05, 4.69) is 15.5 Å². The highest BCUT2D eigenvalue weighted by atomic mass is 19.1. The summed E-state index contributed by atoms with van der Waals surface area (Å²) in [5.41, 5.74) is -0.404. The number of aromatic nitrogens is 2. The molecule has 1 aromatic carbocycles. The fourth-order valence-corrected chi connectivity index (χ4v) is 1.96. The smallest absolute Gasteiger partial charge is 0.331 e. The Morgan fingerprint density at radius 1 is 1.39 bits per heavy atom. The number of rotatable bonds is 6. The molecule has 1 atom stereocenters. The van der Waals surface area contributed by atoms with Gasteiger partial charge in [0.15, 0.2) is 5.54 Å². The fourth-order valence-electron chi connectivity index (χ4n) is 1.96. The Hall–Kier alpha value is -2.74. The fraction of sp³-hybridized carbons (Fsp3) is 0.267. The molecule has 0 aliphatic rings. The van der Waals surface area contributed by atoms with Gasteiger partial charge in [-0.05, 0) is 37.3 Å². The Morgan fingerprint density at radius 2 is 2.04 bits per heavy atom. The summed E-state index contributed by atoms with van der Waals surface area (Å²) in [6.07, 6.45) is 0. The van der Waals surface area contributed by atoms with Crippen molar-refractivity contribution in [2.75, 3.05) is 13.7 Å². The van der Waals surface area contributed by atoms with E-state index in [9.17, 15) is 19.1 Å². The lowest BCUT2D eigenvalue weighted by Gasteiger charge is -2.24. The van der Waals surface area contributed by atoms with E-state index in [-0.39, 0.29) is 18.1 Å². The van der Waals surface area contributed by atoms with Gasteiger partial charge >= 0.3 is 5.97 Å². The van der Waals surface area contributed by atoms with Gasteiger partial charge in [0.25, 0.3) is 5.91 Å². The molecule has 2 aromatic rings. The molecule has 1 heterocycles. The van der Waals surface area contributed by atoms with Crippen molar-refractivity contribution in [2.24, 2.45) is 0 Å². The number of amides is 1. The third kappa shape index (κ3) is 3.72. The van der Waals surface area contributed by atoms with Crippen LogP contribution in [-0.4, -0.2) is 46.4 Å². The Labute approximate surface area is 131 Å². The zero-order valence-corrected chi connectivity index (χ0v) is 12.6. The van der Waals surface area contributed by atoms with Crippen LogP contribution in [0.2, 0.25) is 0 Å². The summed E-state index contributed by atoms with van der Waals surface area (Å²) in [6.45, 7) is 1.15. The third-order valence-electron chi connectivity index (χ3n) is 3.26. The van der Waals surface area contributed by atoms with Crippen molar-refractivity contribution in [2.45, 2.75) is 12.5 Å². The zero-order chi connectivity index (χ0) is 17.0. The maximum absolute atomic E-state index is 12.9. The number of aromatic amines is 1. The molecular weight excluding hydrogens is 305 g/mol. The van der Waals surface area contributed by atoms with Crippen LogP contribution in [-0.2, 0) is 9.53 Å². The third-order valence-corrected chi connectivity index (χ3v) is 3.26. The molecular formula is C15H16FN3O4.